The normalized spacial score (nSPS) is 12.9. The number of ether oxygens (including phenoxy) is 1. The van der Waals surface area contributed by atoms with Crippen LogP contribution in [0.3, 0.4) is 0 Å². The Kier molecular flexibility index (Phi) is 3.77. The van der Waals surface area contributed by atoms with Gasteiger partial charge in [0.1, 0.15) is 12.4 Å². The molecule has 2 aromatic rings. The second-order valence-corrected chi connectivity index (χ2v) is 4.08. The number of aliphatic hydroxyl groups is 1. The monoisotopic (exact) mass is 252 g/mol. The third-order valence-electron chi connectivity index (χ3n) is 2.71. The number of rotatable bonds is 4. The Morgan fingerprint density at radius 3 is 2.56 bits per heavy atom. The van der Waals surface area contributed by atoms with E-state index in [0.29, 0.717) is 11.3 Å². The minimum atomic E-state index is -2.54. The highest BCUT2D eigenvalue weighted by Crippen LogP contribution is 2.33. The molecule has 0 aromatic heterocycles. The van der Waals surface area contributed by atoms with Crippen molar-refractivity contribution in [3.05, 3.63) is 42.0 Å². The largest absolute Gasteiger partial charge is 0.487 e. The lowest BCUT2D eigenvalue weighted by atomic mass is 10.0. The number of aliphatic hydroxyl groups excluding tert-OH is 1. The molecule has 0 radical (unpaired) electrons. The fourth-order valence-corrected chi connectivity index (χ4v) is 1.90. The summed E-state index contributed by atoms with van der Waals surface area (Å²) in [6.07, 6.45) is -3.30. The lowest BCUT2D eigenvalue weighted by Gasteiger charge is -2.15. The molecule has 0 saturated carbocycles. The van der Waals surface area contributed by atoms with Crippen molar-refractivity contribution in [2.24, 2.45) is 0 Å². The molecular formula is C14H14F2O2. The molecule has 4 heteroatoms. The summed E-state index contributed by atoms with van der Waals surface area (Å²) >= 11 is 0. The van der Waals surface area contributed by atoms with E-state index in [4.69, 9.17) is 4.74 Å². The molecule has 2 nitrogen and oxygen atoms in total. The van der Waals surface area contributed by atoms with Crippen molar-refractivity contribution in [1.82, 2.24) is 0 Å². The van der Waals surface area contributed by atoms with Gasteiger partial charge in [-0.1, -0.05) is 36.4 Å². The first kappa shape index (κ1) is 12.8. The van der Waals surface area contributed by atoms with Gasteiger partial charge in [0.05, 0.1) is 6.10 Å². The summed E-state index contributed by atoms with van der Waals surface area (Å²) in [6, 6.07) is 10.9. The van der Waals surface area contributed by atoms with Crippen LogP contribution in [0.1, 0.15) is 18.6 Å². The first-order chi connectivity index (χ1) is 8.59. The van der Waals surface area contributed by atoms with Crippen molar-refractivity contribution in [1.29, 1.82) is 0 Å². The third kappa shape index (κ3) is 2.59. The second-order valence-electron chi connectivity index (χ2n) is 4.08. The van der Waals surface area contributed by atoms with Gasteiger partial charge in [-0.15, -0.1) is 0 Å². The molecule has 0 spiro atoms. The van der Waals surface area contributed by atoms with Crippen molar-refractivity contribution >= 4 is 10.8 Å². The maximum Gasteiger partial charge on any atom is 0.272 e. The van der Waals surface area contributed by atoms with Crippen LogP contribution in [-0.4, -0.2) is 18.1 Å². The van der Waals surface area contributed by atoms with E-state index in [1.807, 2.05) is 24.3 Å². The van der Waals surface area contributed by atoms with E-state index in [1.165, 1.54) is 0 Å². The van der Waals surface area contributed by atoms with Crippen molar-refractivity contribution in [3.8, 4) is 5.75 Å². The molecule has 0 aliphatic rings. The van der Waals surface area contributed by atoms with Crippen molar-refractivity contribution in [2.75, 3.05) is 6.61 Å². The third-order valence-corrected chi connectivity index (χ3v) is 2.71. The molecule has 2 rings (SSSR count). The summed E-state index contributed by atoms with van der Waals surface area (Å²) in [5.74, 6) is 0.336. The first-order valence-electron chi connectivity index (χ1n) is 5.70. The van der Waals surface area contributed by atoms with Gasteiger partial charge in [0.15, 0.2) is 0 Å². The lowest BCUT2D eigenvalue weighted by Crippen LogP contribution is -2.09. The van der Waals surface area contributed by atoms with Crippen LogP contribution in [-0.2, 0) is 0 Å². The molecule has 0 aliphatic carbocycles. The maximum absolute atomic E-state index is 12.3. The van der Waals surface area contributed by atoms with Crippen molar-refractivity contribution in [2.45, 2.75) is 19.5 Å². The van der Waals surface area contributed by atoms with Crippen molar-refractivity contribution in [3.63, 3.8) is 0 Å². The topological polar surface area (TPSA) is 29.5 Å². The summed E-state index contributed by atoms with van der Waals surface area (Å²) in [5, 5.41) is 11.3. The predicted octanol–water partition coefficient (Wildman–Crippen LogP) is 3.54. The number of hydrogen-bond acceptors (Lipinski definition) is 2. The number of hydrogen-bond donors (Lipinski definition) is 1. The van der Waals surface area contributed by atoms with Crippen LogP contribution in [0.2, 0.25) is 0 Å². The zero-order chi connectivity index (χ0) is 13.1. The Morgan fingerprint density at radius 1 is 1.17 bits per heavy atom. The maximum atomic E-state index is 12.3. The highest BCUT2D eigenvalue weighted by Gasteiger charge is 2.14. The summed E-state index contributed by atoms with van der Waals surface area (Å²) in [4.78, 5) is 0. The van der Waals surface area contributed by atoms with Crippen LogP contribution >= 0.6 is 0 Å². The van der Waals surface area contributed by atoms with Gasteiger partial charge in [0.2, 0.25) is 0 Å². The van der Waals surface area contributed by atoms with Crippen LogP contribution in [0.5, 0.6) is 5.75 Å². The van der Waals surface area contributed by atoms with E-state index < -0.39 is 19.1 Å². The highest BCUT2D eigenvalue weighted by molar-refractivity contribution is 5.89. The Balaban J connectivity index is 2.52. The predicted molar refractivity (Wildman–Crippen MR) is 66.1 cm³/mol. The van der Waals surface area contributed by atoms with E-state index >= 15 is 0 Å². The van der Waals surface area contributed by atoms with Crippen molar-refractivity contribution < 1.29 is 18.6 Å². The first-order valence-corrected chi connectivity index (χ1v) is 5.70. The molecule has 96 valence electrons. The molecule has 0 fully saturated rings. The molecular weight excluding hydrogens is 238 g/mol. The van der Waals surface area contributed by atoms with Gasteiger partial charge in [-0.2, -0.15) is 0 Å². The zero-order valence-corrected chi connectivity index (χ0v) is 9.94. The molecule has 18 heavy (non-hydrogen) atoms. The Hall–Kier alpha value is -1.68. The van der Waals surface area contributed by atoms with Gasteiger partial charge in [0, 0.05) is 10.9 Å². The fourth-order valence-electron chi connectivity index (χ4n) is 1.90. The number of benzene rings is 2. The summed E-state index contributed by atoms with van der Waals surface area (Å²) in [6.45, 7) is 0.910. The fraction of sp³-hybridized carbons (Fsp3) is 0.286. The molecule has 0 heterocycles. The van der Waals surface area contributed by atoms with Crippen LogP contribution in [0.25, 0.3) is 10.8 Å². The van der Waals surface area contributed by atoms with E-state index in [2.05, 4.69) is 0 Å². The quantitative estimate of drug-likeness (QED) is 0.901. The van der Waals surface area contributed by atoms with Crippen LogP contribution in [0, 0.1) is 0 Å². The van der Waals surface area contributed by atoms with E-state index in [1.54, 1.807) is 19.1 Å². The van der Waals surface area contributed by atoms with E-state index in [0.717, 1.165) is 10.8 Å². The molecule has 0 bridgehead atoms. The zero-order valence-electron chi connectivity index (χ0n) is 9.94. The van der Waals surface area contributed by atoms with Gasteiger partial charge >= 0.3 is 0 Å². The lowest BCUT2D eigenvalue weighted by molar-refractivity contribution is 0.0803. The number of alkyl halides is 2. The van der Waals surface area contributed by atoms with Gasteiger partial charge in [-0.25, -0.2) is 8.78 Å². The Labute approximate surface area is 104 Å². The van der Waals surface area contributed by atoms with Crippen LogP contribution in [0.15, 0.2) is 36.4 Å². The number of halogens is 2. The highest BCUT2D eigenvalue weighted by atomic mass is 19.3. The Morgan fingerprint density at radius 2 is 1.89 bits per heavy atom. The van der Waals surface area contributed by atoms with Crippen LogP contribution in [0.4, 0.5) is 8.78 Å². The van der Waals surface area contributed by atoms with E-state index in [-0.39, 0.29) is 0 Å². The SMILES string of the molecule is CC(O)c1ccc2ccccc2c1OCC(F)F. The molecule has 1 atom stereocenters. The smallest absolute Gasteiger partial charge is 0.272 e. The van der Waals surface area contributed by atoms with Gasteiger partial charge in [0.25, 0.3) is 6.43 Å². The van der Waals surface area contributed by atoms with Gasteiger partial charge in [-0.3, -0.25) is 0 Å². The average molecular weight is 252 g/mol. The molecule has 1 N–H and O–H groups in total. The minimum Gasteiger partial charge on any atom is -0.487 e. The van der Waals surface area contributed by atoms with Gasteiger partial charge < -0.3 is 9.84 Å². The minimum absolute atomic E-state index is 0.336. The molecule has 0 aliphatic heterocycles. The second kappa shape index (κ2) is 5.31. The van der Waals surface area contributed by atoms with Crippen LogP contribution < -0.4 is 4.74 Å². The average Bonchev–Trinajstić information content (AvgIpc) is 2.35. The molecule has 1 unspecified atom stereocenters. The number of fused-ring (bicyclic) bond motifs is 1. The van der Waals surface area contributed by atoms with Gasteiger partial charge in [-0.05, 0) is 12.3 Å². The summed E-state index contributed by atoms with van der Waals surface area (Å²) < 4.78 is 29.7. The standard InChI is InChI=1S/C14H14F2O2/c1-9(17)11-7-6-10-4-2-3-5-12(10)14(11)18-8-13(15)16/h2-7,9,13,17H,8H2,1H3. The molecule has 2 aromatic carbocycles. The molecule has 0 saturated heterocycles. The molecule has 0 amide bonds. The summed E-state index contributed by atoms with van der Waals surface area (Å²) in [7, 11) is 0. The summed E-state index contributed by atoms with van der Waals surface area (Å²) in [5.41, 5.74) is 0.523. The van der Waals surface area contributed by atoms with E-state index in [9.17, 15) is 13.9 Å². The Bertz CT molecular complexity index is 538.